The van der Waals surface area contributed by atoms with E-state index < -0.39 is 0 Å². The van der Waals surface area contributed by atoms with Gasteiger partial charge in [0, 0.05) is 77.7 Å². The van der Waals surface area contributed by atoms with Gasteiger partial charge in [-0.2, -0.15) is 0 Å². The Bertz CT molecular complexity index is 1360. The van der Waals surface area contributed by atoms with Crippen LogP contribution in [0.1, 0.15) is 32.1 Å². The molecule has 0 radical (unpaired) electrons. The van der Waals surface area contributed by atoms with Gasteiger partial charge in [0.2, 0.25) is 0 Å². The number of pyridine rings is 3. The summed E-state index contributed by atoms with van der Waals surface area (Å²) in [6, 6.07) is 14.8. The third-order valence-corrected chi connectivity index (χ3v) is 7.54. The van der Waals surface area contributed by atoms with Crippen LogP contribution in [0.5, 0.6) is 0 Å². The Morgan fingerprint density at radius 2 is 1.78 bits per heavy atom. The summed E-state index contributed by atoms with van der Waals surface area (Å²) in [4.78, 5) is 16.9. The number of anilines is 2. The molecular formula is C29H31ClN6. The highest BCUT2D eigenvalue weighted by Gasteiger charge is 2.22. The zero-order valence-corrected chi connectivity index (χ0v) is 21.1. The summed E-state index contributed by atoms with van der Waals surface area (Å²) in [6.07, 6.45) is 12.0. The summed E-state index contributed by atoms with van der Waals surface area (Å²) in [5, 5.41) is 10.0. The van der Waals surface area contributed by atoms with Crippen LogP contribution in [-0.2, 0) is 0 Å². The van der Waals surface area contributed by atoms with Crippen molar-refractivity contribution in [2.45, 2.75) is 38.1 Å². The smallest absolute Gasteiger partial charge is 0.137 e. The molecule has 2 aliphatic rings. The van der Waals surface area contributed by atoms with Gasteiger partial charge in [0.05, 0.1) is 5.69 Å². The van der Waals surface area contributed by atoms with Crippen molar-refractivity contribution in [1.82, 2.24) is 20.3 Å². The highest BCUT2D eigenvalue weighted by molar-refractivity contribution is 6.31. The number of halogens is 1. The lowest BCUT2D eigenvalue weighted by molar-refractivity contribution is 0.462. The lowest BCUT2D eigenvalue weighted by Crippen LogP contribution is -2.44. The quantitative estimate of drug-likeness (QED) is 0.343. The molecule has 0 bridgehead atoms. The van der Waals surface area contributed by atoms with Gasteiger partial charge < -0.3 is 15.5 Å². The van der Waals surface area contributed by atoms with E-state index in [1.807, 2.05) is 36.8 Å². The predicted octanol–water partition coefficient (Wildman–Crippen LogP) is 6.17. The van der Waals surface area contributed by atoms with Crippen molar-refractivity contribution >= 4 is 34.0 Å². The number of fused-ring (bicyclic) bond motifs is 1. The van der Waals surface area contributed by atoms with Gasteiger partial charge in [-0.15, -0.1) is 0 Å². The molecule has 1 saturated carbocycles. The van der Waals surface area contributed by atoms with Crippen LogP contribution in [0.3, 0.4) is 0 Å². The van der Waals surface area contributed by atoms with Crippen LogP contribution in [0.15, 0.2) is 61.1 Å². The maximum absolute atomic E-state index is 6.46. The second-order valence-electron chi connectivity index (χ2n) is 9.74. The summed E-state index contributed by atoms with van der Waals surface area (Å²) in [5.74, 6) is 1.92. The minimum Gasteiger partial charge on any atom is -0.367 e. The van der Waals surface area contributed by atoms with E-state index in [0.717, 1.165) is 71.0 Å². The lowest BCUT2D eigenvalue weighted by atomic mass is 9.94. The molecule has 0 unspecified atom stereocenters. The van der Waals surface area contributed by atoms with E-state index in [1.165, 1.54) is 32.1 Å². The molecule has 2 fully saturated rings. The monoisotopic (exact) mass is 498 g/mol. The number of hydrogen-bond acceptors (Lipinski definition) is 6. The predicted molar refractivity (Wildman–Crippen MR) is 149 cm³/mol. The Labute approximate surface area is 217 Å². The first-order valence-electron chi connectivity index (χ1n) is 13.0. The molecule has 1 aliphatic carbocycles. The van der Waals surface area contributed by atoms with Crippen LogP contribution in [0.4, 0.5) is 11.6 Å². The van der Waals surface area contributed by atoms with Gasteiger partial charge in [-0.25, -0.2) is 9.97 Å². The number of rotatable bonds is 5. The van der Waals surface area contributed by atoms with Gasteiger partial charge in [-0.3, -0.25) is 4.98 Å². The molecule has 0 amide bonds. The highest BCUT2D eigenvalue weighted by Crippen LogP contribution is 2.41. The van der Waals surface area contributed by atoms with Crippen LogP contribution in [0.2, 0.25) is 5.02 Å². The second kappa shape index (κ2) is 10.4. The maximum atomic E-state index is 6.46. The molecule has 1 saturated heterocycles. The zero-order chi connectivity index (χ0) is 24.3. The van der Waals surface area contributed by atoms with Crippen LogP contribution in [-0.4, -0.2) is 47.2 Å². The Morgan fingerprint density at radius 1 is 0.917 bits per heavy atom. The van der Waals surface area contributed by atoms with Crippen molar-refractivity contribution in [3.05, 3.63) is 66.1 Å². The van der Waals surface area contributed by atoms with Gasteiger partial charge in [-0.1, -0.05) is 43.0 Å². The fourth-order valence-electron chi connectivity index (χ4n) is 5.51. The fourth-order valence-corrected chi connectivity index (χ4v) is 5.70. The molecule has 6 nitrogen and oxygen atoms in total. The summed E-state index contributed by atoms with van der Waals surface area (Å²) in [6.45, 7) is 3.74. The first-order chi connectivity index (χ1) is 17.8. The van der Waals surface area contributed by atoms with E-state index >= 15 is 0 Å². The summed E-state index contributed by atoms with van der Waals surface area (Å²) in [5.41, 5.74) is 4.06. The van der Waals surface area contributed by atoms with E-state index in [9.17, 15) is 0 Å². The first-order valence-corrected chi connectivity index (χ1v) is 13.4. The van der Waals surface area contributed by atoms with Crippen LogP contribution in [0, 0.1) is 0 Å². The minimum absolute atomic E-state index is 0.485. The number of nitrogens with one attached hydrogen (secondary N) is 2. The number of hydrogen-bond donors (Lipinski definition) is 2. The molecular weight excluding hydrogens is 468 g/mol. The number of nitrogens with zero attached hydrogens (tertiary/aromatic N) is 4. The van der Waals surface area contributed by atoms with Crippen molar-refractivity contribution in [2.24, 2.45) is 0 Å². The minimum atomic E-state index is 0.485. The molecule has 0 atom stereocenters. The van der Waals surface area contributed by atoms with E-state index in [2.05, 4.69) is 49.8 Å². The standard InChI is InChI=1S/C29H31ClN6/c30-22-6-4-5-20(17-22)27-25-19-32-11-10-24(25)29(36-15-13-31-14-16-36)35-28(27)21-9-12-33-26(18-21)34-23-7-2-1-3-8-23/h4-6,9-12,17-19,23,31H,1-3,7-8,13-16H2,(H,33,34). The zero-order valence-electron chi connectivity index (χ0n) is 20.4. The van der Waals surface area contributed by atoms with E-state index in [0.29, 0.717) is 11.1 Å². The highest BCUT2D eigenvalue weighted by atomic mass is 35.5. The molecule has 0 spiro atoms. The van der Waals surface area contributed by atoms with Gasteiger partial charge in [0.1, 0.15) is 11.6 Å². The SMILES string of the molecule is Clc1cccc(-c2c(-c3ccnc(NC4CCCCC4)c3)nc(N3CCNCC3)c3ccncc23)c1. The summed E-state index contributed by atoms with van der Waals surface area (Å²) >= 11 is 6.46. The largest absolute Gasteiger partial charge is 0.367 e. The normalized spacial score (nSPS) is 16.9. The average Bonchev–Trinajstić information content (AvgIpc) is 2.93. The second-order valence-corrected chi connectivity index (χ2v) is 10.2. The number of aromatic nitrogens is 3. The van der Waals surface area contributed by atoms with E-state index in [1.54, 1.807) is 0 Å². The van der Waals surface area contributed by atoms with Crippen molar-refractivity contribution in [2.75, 3.05) is 36.4 Å². The number of benzene rings is 1. The molecule has 3 aromatic heterocycles. The number of piperazine rings is 1. The lowest BCUT2D eigenvalue weighted by Gasteiger charge is -2.30. The average molecular weight is 499 g/mol. The summed E-state index contributed by atoms with van der Waals surface area (Å²) < 4.78 is 0. The van der Waals surface area contributed by atoms with Gasteiger partial charge in [0.15, 0.2) is 0 Å². The van der Waals surface area contributed by atoms with Gasteiger partial charge in [0.25, 0.3) is 0 Å². The molecule has 4 heterocycles. The van der Waals surface area contributed by atoms with Crippen LogP contribution in [0.25, 0.3) is 33.2 Å². The first kappa shape index (κ1) is 23.2. The Morgan fingerprint density at radius 3 is 2.61 bits per heavy atom. The third-order valence-electron chi connectivity index (χ3n) is 7.31. The molecule has 7 heteroatoms. The molecule has 1 aromatic carbocycles. The summed E-state index contributed by atoms with van der Waals surface area (Å²) in [7, 11) is 0. The molecule has 4 aromatic rings. The van der Waals surface area contributed by atoms with Crippen molar-refractivity contribution in [3.8, 4) is 22.4 Å². The van der Waals surface area contributed by atoms with E-state index in [-0.39, 0.29) is 0 Å². The van der Waals surface area contributed by atoms with Crippen molar-refractivity contribution in [1.29, 1.82) is 0 Å². The Balaban J connectivity index is 1.53. The third kappa shape index (κ3) is 4.75. The Hall–Kier alpha value is -3.22. The van der Waals surface area contributed by atoms with Crippen LogP contribution >= 0.6 is 11.6 Å². The Kier molecular flexibility index (Phi) is 6.71. The van der Waals surface area contributed by atoms with E-state index in [4.69, 9.17) is 16.6 Å². The van der Waals surface area contributed by atoms with Crippen molar-refractivity contribution < 1.29 is 0 Å². The molecule has 1 aliphatic heterocycles. The van der Waals surface area contributed by atoms with Crippen molar-refractivity contribution in [3.63, 3.8) is 0 Å². The topological polar surface area (TPSA) is 66.0 Å². The molecule has 36 heavy (non-hydrogen) atoms. The van der Waals surface area contributed by atoms with Gasteiger partial charge in [-0.05, 0) is 48.7 Å². The fraction of sp³-hybridized carbons (Fsp3) is 0.345. The molecule has 6 rings (SSSR count). The van der Waals surface area contributed by atoms with Gasteiger partial charge >= 0.3 is 0 Å². The maximum Gasteiger partial charge on any atom is 0.137 e. The molecule has 184 valence electrons. The molecule has 2 N–H and O–H groups in total. The van der Waals surface area contributed by atoms with Crippen LogP contribution < -0.4 is 15.5 Å².